The van der Waals surface area contributed by atoms with E-state index >= 15 is 0 Å². The standard InChI is InChI=1S/C15H17N3O3/c1-20-13-5-3-2-4-11(13)14-8-12(18-21-14)15(19)17-10-6-7-16-9-10/h2-5,8,10,16H,6-7,9H2,1H3,(H,17,19)/t10-/m0/s1. The summed E-state index contributed by atoms with van der Waals surface area (Å²) >= 11 is 0. The van der Waals surface area contributed by atoms with Gasteiger partial charge in [-0.05, 0) is 25.1 Å². The minimum absolute atomic E-state index is 0.156. The fourth-order valence-electron chi connectivity index (χ4n) is 2.39. The topological polar surface area (TPSA) is 76.4 Å². The van der Waals surface area contributed by atoms with E-state index in [4.69, 9.17) is 9.26 Å². The number of amides is 1. The monoisotopic (exact) mass is 287 g/mol. The van der Waals surface area contributed by atoms with Gasteiger partial charge in [0.25, 0.3) is 5.91 Å². The maximum Gasteiger partial charge on any atom is 0.273 e. The highest BCUT2D eigenvalue weighted by Gasteiger charge is 2.21. The van der Waals surface area contributed by atoms with Crippen LogP contribution in [0.3, 0.4) is 0 Å². The van der Waals surface area contributed by atoms with Crippen molar-refractivity contribution in [3.05, 3.63) is 36.0 Å². The third-order valence-electron chi connectivity index (χ3n) is 3.51. The number of nitrogens with one attached hydrogen (secondary N) is 2. The van der Waals surface area contributed by atoms with Crippen molar-refractivity contribution >= 4 is 5.91 Å². The average molecular weight is 287 g/mol. The van der Waals surface area contributed by atoms with Crippen LogP contribution >= 0.6 is 0 Å². The first-order valence-electron chi connectivity index (χ1n) is 6.89. The summed E-state index contributed by atoms with van der Waals surface area (Å²) in [5.41, 5.74) is 1.05. The van der Waals surface area contributed by atoms with E-state index in [0.717, 1.165) is 25.1 Å². The number of carbonyl (C=O) groups excluding carboxylic acids is 1. The zero-order chi connectivity index (χ0) is 14.7. The number of hydrogen-bond donors (Lipinski definition) is 2. The van der Waals surface area contributed by atoms with Gasteiger partial charge in [-0.2, -0.15) is 0 Å². The highest BCUT2D eigenvalue weighted by atomic mass is 16.5. The van der Waals surface area contributed by atoms with E-state index in [9.17, 15) is 4.79 Å². The molecule has 110 valence electrons. The molecule has 1 amide bonds. The molecular weight excluding hydrogens is 270 g/mol. The molecule has 0 bridgehead atoms. The molecule has 1 fully saturated rings. The van der Waals surface area contributed by atoms with Crippen LogP contribution in [-0.2, 0) is 0 Å². The van der Waals surface area contributed by atoms with Gasteiger partial charge in [-0.1, -0.05) is 17.3 Å². The van der Waals surface area contributed by atoms with Crippen molar-refractivity contribution in [3.8, 4) is 17.1 Å². The SMILES string of the molecule is COc1ccccc1-c1cc(C(=O)N[C@H]2CCNC2)no1. The molecule has 1 aromatic carbocycles. The van der Waals surface area contributed by atoms with Gasteiger partial charge in [0.1, 0.15) is 5.75 Å². The van der Waals surface area contributed by atoms with Crippen LogP contribution in [0, 0.1) is 0 Å². The number of carbonyl (C=O) groups is 1. The molecule has 0 unspecified atom stereocenters. The lowest BCUT2D eigenvalue weighted by atomic mass is 10.1. The maximum atomic E-state index is 12.1. The van der Waals surface area contributed by atoms with Crippen LogP contribution in [0.25, 0.3) is 11.3 Å². The van der Waals surface area contributed by atoms with E-state index in [2.05, 4.69) is 15.8 Å². The number of hydrogen-bond acceptors (Lipinski definition) is 5. The van der Waals surface area contributed by atoms with Gasteiger partial charge in [-0.15, -0.1) is 0 Å². The summed E-state index contributed by atoms with van der Waals surface area (Å²) in [6, 6.07) is 9.24. The van der Waals surface area contributed by atoms with Gasteiger partial charge in [0.05, 0.1) is 12.7 Å². The lowest BCUT2D eigenvalue weighted by Crippen LogP contribution is -2.36. The smallest absolute Gasteiger partial charge is 0.273 e. The van der Waals surface area contributed by atoms with E-state index in [1.165, 1.54) is 0 Å². The van der Waals surface area contributed by atoms with Crippen molar-refractivity contribution < 1.29 is 14.1 Å². The number of para-hydroxylation sites is 1. The molecule has 1 aliphatic rings. The van der Waals surface area contributed by atoms with Crippen molar-refractivity contribution in [1.82, 2.24) is 15.8 Å². The molecule has 21 heavy (non-hydrogen) atoms. The Kier molecular flexibility index (Phi) is 3.87. The summed E-state index contributed by atoms with van der Waals surface area (Å²) in [6.45, 7) is 1.72. The van der Waals surface area contributed by atoms with E-state index in [-0.39, 0.29) is 17.6 Å². The van der Waals surface area contributed by atoms with E-state index in [0.29, 0.717) is 11.5 Å². The minimum Gasteiger partial charge on any atom is -0.496 e. The molecule has 6 nitrogen and oxygen atoms in total. The Balaban J connectivity index is 1.77. The van der Waals surface area contributed by atoms with Crippen LogP contribution in [-0.4, -0.2) is 37.3 Å². The molecule has 1 saturated heterocycles. The Morgan fingerprint density at radius 2 is 2.33 bits per heavy atom. The number of aromatic nitrogens is 1. The van der Waals surface area contributed by atoms with Crippen LogP contribution in [0.4, 0.5) is 0 Å². The summed E-state index contributed by atoms with van der Waals surface area (Å²) in [5.74, 6) is 0.983. The van der Waals surface area contributed by atoms with Crippen molar-refractivity contribution in [1.29, 1.82) is 0 Å². The van der Waals surface area contributed by atoms with Crippen LogP contribution in [0.2, 0.25) is 0 Å². The maximum absolute atomic E-state index is 12.1. The van der Waals surface area contributed by atoms with Gasteiger partial charge >= 0.3 is 0 Å². The third kappa shape index (κ3) is 2.90. The largest absolute Gasteiger partial charge is 0.496 e. The molecule has 0 spiro atoms. The fraction of sp³-hybridized carbons (Fsp3) is 0.333. The molecule has 2 aromatic rings. The number of rotatable bonds is 4. The fourth-order valence-corrected chi connectivity index (χ4v) is 2.39. The molecule has 3 rings (SSSR count). The van der Waals surface area contributed by atoms with Crippen molar-refractivity contribution in [2.45, 2.75) is 12.5 Å². The predicted molar refractivity (Wildman–Crippen MR) is 77.2 cm³/mol. The number of methoxy groups -OCH3 is 1. The lowest BCUT2D eigenvalue weighted by molar-refractivity contribution is 0.0931. The van der Waals surface area contributed by atoms with Gasteiger partial charge in [0.15, 0.2) is 11.5 Å². The van der Waals surface area contributed by atoms with Crippen molar-refractivity contribution in [3.63, 3.8) is 0 Å². The first-order chi connectivity index (χ1) is 10.3. The van der Waals surface area contributed by atoms with Crippen LogP contribution in [0.1, 0.15) is 16.9 Å². The molecule has 6 heteroatoms. The zero-order valence-electron chi connectivity index (χ0n) is 11.8. The normalized spacial score (nSPS) is 17.7. The summed E-state index contributed by atoms with van der Waals surface area (Å²) in [5, 5.41) is 9.98. The Labute approximate surface area is 122 Å². The first kappa shape index (κ1) is 13.6. The third-order valence-corrected chi connectivity index (χ3v) is 3.51. The number of ether oxygens (including phenoxy) is 1. The summed E-state index contributed by atoms with van der Waals surface area (Å²) < 4.78 is 10.6. The minimum atomic E-state index is -0.214. The molecule has 1 atom stereocenters. The molecule has 1 aromatic heterocycles. The zero-order valence-corrected chi connectivity index (χ0v) is 11.8. The van der Waals surface area contributed by atoms with Crippen molar-refractivity contribution in [2.75, 3.05) is 20.2 Å². The van der Waals surface area contributed by atoms with E-state index in [1.54, 1.807) is 13.2 Å². The molecule has 0 aliphatic carbocycles. The Morgan fingerprint density at radius 1 is 1.48 bits per heavy atom. The molecule has 0 saturated carbocycles. The van der Waals surface area contributed by atoms with Gasteiger partial charge in [-0.3, -0.25) is 4.79 Å². The molecule has 0 radical (unpaired) electrons. The van der Waals surface area contributed by atoms with Crippen LogP contribution in [0.5, 0.6) is 5.75 Å². The van der Waals surface area contributed by atoms with E-state index in [1.807, 2.05) is 24.3 Å². The summed E-state index contributed by atoms with van der Waals surface area (Å²) in [7, 11) is 1.59. The Bertz CT molecular complexity index is 633. The molecule has 1 aliphatic heterocycles. The second-order valence-electron chi connectivity index (χ2n) is 4.94. The van der Waals surface area contributed by atoms with Gasteiger partial charge in [0, 0.05) is 18.7 Å². The Hall–Kier alpha value is -2.34. The second-order valence-corrected chi connectivity index (χ2v) is 4.94. The number of nitrogens with zero attached hydrogens (tertiary/aromatic N) is 1. The predicted octanol–water partition coefficient (Wildman–Crippen LogP) is 1.44. The number of benzene rings is 1. The Morgan fingerprint density at radius 3 is 3.10 bits per heavy atom. The molecule has 2 N–H and O–H groups in total. The van der Waals surface area contributed by atoms with Gasteiger partial charge in [0.2, 0.25) is 0 Å². The molecule has 2 heterocycles. The van der Waals surface area contributed by atoms with Gasteiger partial charge < -0.3 is 19.9 Å². The summed E-state index contributed by atoms with van der Waals surface area (Å²) in [4.78, 5) is 12.1. The first-order valence-corrected chi connectivity index (χ1v) is 6.89. The van der Waals surface area contributed by atoms with E-state index < -0.39 is 0 Å². The van der Waals surface area contributed by atoms with Crippen LogP contribution < -0.4 is 15.4 Å². The summed E-state index contributed by atoms with van der Waals surface area (Å²) in [6.07, 6.45) is 0.933. The van der Waals surface area contributed by atoms with Crippen molar-refractivity contribution in [2.24, 2.45) is 0 Å². The van der Waals surface area contributed by atoms with Gasteiger partial charge in [-0.25, -0.2) is 0 Å². The lowest BCUT2D eigenvalue weighted by Gasteiger charge is -2.08. The highest BCUT2D eigenvalue weighted by Crippen LogP contribution is 2.29. The second kappa shape index (κ2) is 5.97. The highest BCUT2D eigenvalue weighted by molar-refractivity contribution is 5.93. The average Bonchev–Trinajstić information content (AvgIpc) is 3.18. The van der Waals surface area contributed by atoms with Crippen LogP contribution in [0.15, 0.2) is 34.9 Å². The molecular formula is C15H17N3O3. The quantitative estimate of drug-likeness (QED) is 0.890.